The van der Waals surface area contributed by atoms with Gasteiger partial charge in [0.2, 0.25) is 5.91 Å². The van der Waals surface area contributed by atoms with Crippen molar-refractivity contribution in [2.45, 2.75) is 57.2 Å². The van der Waals surface area contributed by atoms with E-state index in [9.17, 15) is 4.79 Å². The van der Waals surface area contributed by atoms with Gasteiger partial charge in [-0.2, -0.15) is 11.8 Å². The van der Waals surface area contributed by atoms with Crippen molar-refractivity contribution >= 4 is 23.4 Å². The Morgan fingerprint density at radius 1 is 1.46 bits per heavy atom. The van der Waals surface area contributed by atoms with Gasteiger partial charge in [-0.15, -0.1) is 0 Å². The van der Waals surface area contributed by atoms with E-state index in [1.807, 2.05) is 43.0 Å². The van der Waals surface area contributed by atoms with Gasteiger partial charge in [0.1, 0.15) is 0 Å². The molecule has 2 fully saturated rings. The molecule has 2 aliphatic heterocycles. The van der Waals surface area contributed by atoms with Gasteiger partial charge in [-0.1, -0.05) is 18.2 Å². The Hall–Kier alpha value is -1.04. The van der Waals surface area contributed by atoms with Crippen molar-refractivity contribution in [3.8, 4) is 0 Å². The molecule has 0 aliphatic carbocycles. The van der Waals surface area contributed by atoms with Gasteiger partial charge >= 0.3 is 0 Å². The van der Waals surface area contributed by atoms with Gasteiger partial charge in [-0.3, -0.25) is 4.79 Å². The molecule has 1 amide bonds. The lowest BCUT2D eigenvalue weighted by Crippen LogP contribution is -2.49. The third-order valence-electron chi connectivity index (χ3n) is 4.99. The van der Waals surface area contributed by atoms with E-state index >= 15 is 0 Å². The SMILES string of the molecule is Cc1ccccc1NC(=O)CC(C)NC1CCOC2(CCSC2)C1. The number of thioether (sulfide) groups is 1. The summed E-state index contributed by atoms with van der Waals surface area (Å²) in [5.74, 6) is 2.40. The minimum absolute atomic E-state index is 0.0718. The first-order valence-electron chi connectivity index (χ1n) is 8.90. The van der Waals surface area contributed by atoms with Crippen molar-refractivity contribution < 1.29 is 9.53 Å². The first-order chi connectivity index (χ1) is 11.6. The number of carbonyl (C=O) groups is 1. The fourth-order valence-electron chi connectivity index (χ4n) is 3.69. The Morgan fingerprint density at radius 3 is 3.04 bits per heavy atom. The quantitative estimate of drug-likeness (QED) is 0.857. The number of carbonyl (C=O) groups excluding carboxylic acids is 1. The fraction of sp³-hybridized carbons (Fsp3) is 0.632. The number of nitrogens with one attached hydrogen (secondary N) is 2. The van der Waals surface area contributed by atoms with Gasteiger partial charge in [0.05, 0.1) is 5.60 Å². The number of hydrogen-bond donors (Lipinski definition) is 2. The highest BCUT2D eigenvalue weighted by Gasteiger charge is 2.40. The summed E-state index contributed by atoms with van der Waals surface area (Å²) in [6.45, 7) is 4.95. The van der Waals surface area contributed by atoms with Crippen LogP contribution in [0.15, 0.2) is 24.3 Å². The van der Waals surface area contributed by atoms with Crippen molar-refractivity contribution in [1.29, 1.82) is 0 Å². The highest BCUT2D eigenvalue weighted by Crippen LogP contribution is 2.38. The molecule has 132 valence electrons. The summed E-state index contributed by atoms with van der Waals surface area (Å²) in [4.78, 5) is 12.3. The van der Waals surface area contributed by atoms with Gasteiger partial charge in [-0.25, -0.2) is 0 Å². The summed E-state index contributed by atoms with van der Waals surface area (Å²) in [6, 6.07) is 8.52. The van der Waals surface area contributed by atoms with Gasteiger partial charge in [0.15, 0.2) is 0 Å². The van der Waals surface area contributed by atoms with E-state index < -0.39 is 0 Å². The minimum Gasteiger partial charge on any atom is -0.374 e. The van der Waals surface area contributed by atoms with Crippen molar-refractivity contribution in [2.24, 2.45) is 0 Å². The van der Waals surface area contributed by atoms with E-state index in [4.69, 9.17) is 4.74 Å². The number of amides is 1. The number of aryl methyl sites for hydroxylation is 1. The van der Waals surface area contributed by atoms with Gasteiger partial charge in [0, 0.05) is 36.6 Å². The van der Waals surface area contributed by atoms with Crippen LogP contribution in [0.4, 0.5) is 5.69 Å². The van der Waals surface area contributed by atoms with Crippen LogP contribution in [0.2, 0.25) is 0 Å². The van der Waals surface area contributed by atoms with Crippen molar-refractivity contribution in [2.75, 3.05) is 23.4 Å². The summed E-state index contributed by atoms with van der Waals surface area (Å²) in [5, 5.41) is 6.67. The monoisotopic (exact) mass is 348 g/mol. The third kappa shape index (κ3) is 4.52. The van der Waals surface area contributed by atoms with E-state index in [1.165, 1.54) is 5.75 Å². The molecule has 0 saturated carbocycles. The maximum absolute atomic E-state index is 12.3. The Kier molecular flexibility index (Phi) is 5.85. The van der Waals surface area contributed by atoms with Crippen molar-refractivity contribution in [1.82, 2.24) is 5.32 Å². The molecule has 3 unspecified atom stereocenters. The zero-order valence-corrected chi connectivity index (χ0v) is 15.5. The molecule has 3 atom stereocenters. The Balaban J connectivity index is 1.47. The first-order valence-corrected chi connectivity index (χ1v) is 10.0. The molecule has 1 spiro atoms. The van der Waals surface area contributed by atoms with Crippen LogP contribution in [0, 0.1) is 6.92 Å². The van der Waals surface area contributed by atoms with E-state index in [2.05, 4.69) is 17.6 Å². The molecule has 24 heavy (non-hydrogen) atoms. The highest BCUT2D eigenvalue weighted by atomic mass is 32.2. The molecule has 4 nitrogen and oxygen atoms in total. The third-order valence-corrected chi connectivity index (χ3v) is 6.21. The molecule has 0 radical (unpaired) electrons. The second-order valence-corrected chi connectivity index (χ2v) is 8.26. The highest BCUT2D eigenvalue weighted by molar-refractivity contribution is 7.99. The largest absolute Gasteiger partial charge is 0.374 e. The smallest absolute Gasteiger partial charge is 0.225 e. The average Bonchev–Trinajstić information content (AvgIpc) is 2.97. The lowest BCUT2D eigenvalue weighted by atomic mass is 9.89. The molecule has 2 saturated heterocycles. The number of rotatable bonds is 5. The maximum Gasteiger partial charge on any atom is 0.225 e. The van der Waals surface area contributed by atoms with Crippen LogP contribution in [0.5, 0.6) is 0 Å². The van der Waals surface area contributed by atoms with Crippen molar-refractivity contribution in [3.63, 3.8) is 0 Å². The normalized spacial score (nSPS) is 28.0. The predicted molar refractivity (Wildman–Crippen MR) is 101 cm³/mol. The van der Waals surface area contributed by atoms with E-state index in [-0.39, 0.29) is 17.6 Å². The fourth-order valence-corrected chi connectivity index (χ4v) is 5.07. The lowest BCUT2D eigenvalue weighted by molar-refractivity contribution is -0.116. The summed E-state index contributed by atoms with van der Waals surface area (Å²) in [5.41, 5.74) is 2.09. The van der Waals surface area contributed by atoms with Crippen LogP contribution in [-0.4, -0.2) is 41.7 Å². The van der Waals surface area contributed by atoms with Crippen LogP contribution >= 0.6 is 11.8 Å². The molecular formula is C19H28N2O2S. The summed E-state index contributed by atoms with van der Waals surface area (Å²) in [6.07, 6.45) is 3.77. The second kappa shape index (κ2) is 7.89. The Morgan fingerprint density at radius 2 is 2.29 bits per heavy atom. The zero-order chi connectivity index (χ0) is 17.0. The molecule has 0 bridgehead atoms. The number of para-hydroxylation sites is 1. The molecule has 1 aromatic carbocycles. The van der Waals surface area contributed by atoms with Crippen LogP contribution in [0.1, 0.15) is 38.2 Å². The van der Waals surface area contributed by atoms with Crippen LogP contribution in [0.25, 0.3) is 0 Å². The topological polar surface area (TPSA) is 50.4 Å². The zero-order valence-electron chi connectivity index (χ0n) is 14.6. The molecule has 5 heteroatoms. The molecule has 3 rings (SSSR count). The van der Waals surface area contributed by atoms with E-state index in [0.717, 1.165) is 42.9 Å². The maximum atomic E-state index is 12.3. The summed E-state index contributed by atoms with van der Waals surface area (Å²) < 4.78 is 6.07. The number of anilines is 1. The van der Waals surface area contributed by atoms with Gasteiger partial charge < -0.3 is 15.4 Å². The van der Waals surface area contributed by atoms with Crippen LogP contribution < -0.4 is 10.6 Å². The molecule has 2 N–H and O–H groups in total. The molecule has 2 aliphatic rings. The van der Waals surface area contributed by atoms with Crippen LogP contribution in [0.3, 0.4) is 0 Å². The first kappa shape index (κ1) is 17.8. The van der Waals surface area contributed by atoms with Crippen LogP contribution in [-0.2, 0) is 9.53 Å². The number of benzene rings is 1. The predicted octanol–water partition coefficient (Wildman–Crippen LogP) is 3.36. The van der Waals surface area contributed by atoms with Gasteiger partial charge in [-0.05, 0) is 50.5 Å². The number of ether oxygens (including phenoxy) is 1. The molecule has 1 aromatic rings. The second-order valence-electron chi connectivity index (χ2n) is 7.16. The summed E-state index contributed by atoms with van der Waals surface area (Å²) >= 11 is 2.00. The molecule has 0 aromatic heterocycles. The summed E-state index contributed by atoms with van der Waals surface area (Å²) in [7, 11) is 0. The minimum atomic E-state index is 0.0718. The lowest BCUT2D eigenvalue weighted by Gasteiger charge is -2.39. The average molecular weight is 349 g/mol. The van der Waals surface area contributed by atoms with E-state index in [1.54, 1.807) is 0 Å². The standard InChI is InChI=1S/C19H28N2O2S/c1-14-5-3-4-6-17(14)21-18(22)11-15(2)20-16-7-9-23-19(12-16)8-10-24-13-19/h3-6,15-16,20H,7-13H2,1-2H3,(H,21,22). The Labute approximate surface area is 149 Å². The number of hydrogen-bond acceptors (Lipinski definition) is 4. The van der Waals surface area contributed by atoms with Crippen molar-refractivity contribution in [3.05, 3.63) is 29.8 Å². The molecular weight excluding hydrogens is 320 g/mol. The van der Waals surface area contributed by atoms with E-state index in [0.29, 0.717) is 12.5 Å². The van der Waals surface area contributed by atoms with Gasteiger partial charge in [0.25, 0.3) is 0 Å². The molecule has 2 heterocycles. The Bertz CT molecular complexity index is 572.